The molecular weight excluding hydrogens is 324 g/mol. The van der Waals surface area contributed by atoms with Crippen molar-refractivity contribution in [3.8, 4) is 0 Å². The van der Waals surface area contributed by atoms with E-state index in [1.54, 1.807) is 24.3 Å². The summed E-state index contributed by atoms with van der Waals surface area (Å²) in [7, 11) is 0. The van der Waals surface area contributed by atoms with E-state index in [9.17, 15) is 4.79 Å². The summed E-state index contributed by atoms with van der Waals surface area (Å²) in [5.41, 5.74) is 0.734. The van der Waals surface area contributed by atoms with Crippen LogP contribution in [0.2, 0.25) is 5.02 Å². The molecule has 0 spiro atoms. The molecule has 0 N–H and O–H groups in total. The van der Waals surface area contributed by atoms with Crippen LogP contribution in [0.3, 0.4) is 0 Å². The fourth-order valence-corrected chi connectivity index (χ4v) is 3.12. The monoisotopic (exact) mass is 346 g/mol. The van der Waals surface area contributed by atoms with Crippen LogP contribution in [-0.2, 0) is 6.54 Å². The highest BCUT2D eigenvalue weighted by molar-refractivity contribution is 6.30. The molecule has 5 nitrogen and oxygen atoms in total. The van der Waals surface area contributed by atoms with Gasteiger partial charge in [-0.3, -0.25) is 14.6 Å². The van der Waals surface area contributed by atoms with Crippen molar-refractivity contribution in [1.29, 1.82) is 0 Å². The van der Waals surface area contributed by atoms with Gasteiger partial charge in [0.05, 0.1) is 6.54 Å². The van der Waals surface area contributed by atoms with Gasteiger partial charge in [0, 0.05) is 62.2 Å². The van der Waals surface area contributed by atoms with Gasteiger partial charge in [0.1, 0.15) is 5.82 Å². The van der Waals surface area contributed by atoms with Crippen LogP contribution in [0, 0.1) is 6.92 Å². The van der Waals surface area contributed by atoms with Gasteiger partial charge >= 0.3 is 0 Å². The highest BCUT2D eigenvalue weighted by Crippen LogP contribution is 2.11. The first-order chi connectivity index (χ1) is 11.6. The number of Topliss-reactive ketones (excluding diaryl/α,β-unsaturated/α-hetero) is 1. The number of hydrogen-bond acceptors (Lipinski definition) is 4. The summed E-state index contributed by atoms with van der Waals surface area (Å²) >= 11 is 5.87. The van der Waals surface area contributed by atoms with Gasteiger partial charge in [-0.15, -0.1) is 0 Å². The second-order valence-corrected chi connectivity index (χ2v) is 6.65. The Kier molecular flexibility index (Phi) is 5.66. The van der Waals surface area contributed by atoms with Crippen molar-refractivity contribution >= 4 is 17.4 Å². The highest BCUT2D eigenvalue weighted by Gasteiger charge is 2.19. The van der Waals surface area contributed by atoms with Gasteiger partial charge in [-0.1, -0.05) is 11.6 Å². The lowest BCUT2D eigenvalue weighted by atomic mass is 10.1. The van der Waals surface area contributed by atoms with Gasteiger partial charge < -0.3 is 4.57 Å². The second kappa shape index (κ2) is 7.92. The molecule has 0 bridgehead atoms. The third kappa shape index (κ3) is 4.44. The molecule has 0 radical (unpaired) electrons. The predicted octanol–water partition coefficient (Wildman–Crippen LogP) is 2.35. The van der Waals surface area contributed by atoms with Gasteiger partial charge in [0.15, 0.2) is 5.78 Å². The number of carbonyl (C=O) groups excluding carboxylic acids is 1. The van der Waals surface area contributed by atoms with E-state index in [2.05, 4.69) is 19.4 Å². The first kappa shape index (κ1) is 17.1. The van der Waals surface area contributed by atoms with Gasteiger partial charge in [-0.05, 0) is 31.2 Å². The van der Waals surface area contributed by atoms with Crippen LogP contribution in [0.5, 0.6) is 0 Å². The molecule has 0 unspecified atom stereocenters. The maximum Gasteiger partial charge on any atom is 0.176 e. The first-order valence-electron chi connectivity index (χ1n) is 8.33. The number of carbonyl (C=O) groups is 1. The van der Waals surface area contributed by atoms with Crippen molar-refractivity contribution in [2.75, 3.05) is 39.3 Å². The Bertz CT molecular complexity index is 675. The van der Waals surface area contributed by atoms with Gasteiger partial charge in [-0.25, -0.2) is 4.98 Å². The molecule has 0 atom stereocenters. The Labute approximate surface area is 147 Å². The molecular formula is C18H23ClN4O. The third-order valence-corrected chi connectivity index (χ3v) is 4.83. The number of benzene rings is 1. The Morgan fingerprint density at radius 2 is 1.75 bits per heavy atom. The lowest BCUT2D eigenvalue weighted by Gasteiger charge is -2.34. The van der Waals surface area contributed by atoms with Crippen molar-refractivity contribution in [1.82, 2.24) is 19.4 Å². The summed E-state index contributed by atoms with van der Waals surface area (Å²) < 4.78 is 2.18. The molecule has 24 heavy (non-hydrogen) atoms. The molecule has 6 heteroatoms. The number of imidazole rings is 1. The fourth-order valence-electron chi connectivity index (χ4n) is 2.99. The molecule has 0 aliphatic carbocycles. The van der Waals surface area contributed by atoms with Crippen LogP contribution in [0.1, 0.15) is 16.2 Å². The number of ketones is 1. The summed E-state index contributed by atoms with van der Waals surface area (Å²) in [6.07, 6.45) is 3.87. The van der Waals surface area contributed by atoms with E-state index in [0.29, 0.717) is 11.6 Å². The van der Waals surface area contributed by atoms with E-state index in [1.807, 2.05) is 19.3 Å². The minimum atomic E-state index is 0.161. The molecule has 1 saturated heterocycles. The average molecular weight is 347 g/mol. The molecule has 1 aromatic carbocycles. The topological polar surface area (TPSA) is 41.4 Å². The van der Waals surface area contributed by atoms with Crippen LogP contribution < -0.4 is 0 Å². The molecule has 1 fully saturated rings. The van der Waals surface area contributed by atoms with Crippen molar-refractivity contribution in [3.05, 3.63) is 53.1 Å². The standard InChI is InChI=1S/C18H23ClN4O/c1-15-20-6-7-23(15)13-12-21-8-10-22(11-9-21)14-18(24)16-2-4-17(19)5-3-16/h2-7H,8-14H2,1H3. The highest BCUT2D eigenvalue weighted by atomic mass is 35.5. The van der Waals surface area contributed by atoms with E-state index in [1.165, 1.54) is 0 Å². The number of hydrogen-bond donors (Lipinski definition) is 0. The lowest BCUT2D eigenvalue weighted by Crippen LogP contribution is -2.48. The quantitative estimate of drug-likeness (QED) is 0.753. The van der Waals surface area contributed by atoms with Crippen molar-refractivity contribution in [2.24, 2.45) is 0 Å². The Balaban J connectivity index is 1.42. The van der Waals surface area contributed by atoms with Crippen LogP contribution in [0.15, 0.2) is 36.7 Å². The Morgan fingerprint density at radius 3 is 2.38 bits per heavy atom. The van der Waals surface area contributed by atoms with E-state index < -0.39 is 0 Å². The number of aromatic nitrogens is 2. The van der Waals surface area contributed by atoms with Crippen molar-refractivity contribution in [2.45, 2.75) is 13.5 Å². The summed E-state index contributed by atoms with van der Waals surface area (Å²) in [5.74, 6) is 1.22. The third-order valence-electron chi connectivity index (χ3n) is 4.58. The SMILES string of the molecule is Cc1nccn1CCN1CCN(CC(=O)c2ccc(Cl)cc2)CC1. The molecule has 128 valence electrons. The summed E-state index contributed by atoms with van der Waals surface area (Å²) in [5, 5.41) is 0.660. The smallest absolute Gasteiger partial charge is 0.176 e. The van der Waals surface area contributed by atoms with Crippen LogP contribution in [-0.4, -0.2) is 64.4 Å². The maximum absolute atomic E-state index is 12.3. The van der Waals surface area contributed by atoms with E-state index in [4.69, 9.17) is 11.6 Å². The van der Waals surface area contributed by atoms with E-state index >= 15 is 0 Å². The Morgan fingerprint density at radius 1 is 1.08 bits per heavy atom. The summed E-state index contributed by atoms with van der Waals surface area (Å²) in [6, 6.07) is 7.14. The molecule has 0 amide bonds. The number of aryl methyl sites for hydroxylation is 1. The molecule has 3 rings (SSSR count). The molecule has 0 saturated carbocycles. The molecule has 1 aromatic heterocycles. The van der Waals surface area contributed by atoms with Crippen molar-refractivity contribution < 1.29 is 4.79 Å². The summed E-state index contributed by atoms with van der Waals surface area (Å²) in [4.78, 5) is 21.2. The maximum atomic E-state index is 12.3. The minimum Gasteiger partial charge on any atom is -0.334 e. The second-order valence-electron chi connectivity index (χ2n) is 6.22. The van der Waals surface area contributed by atoms with Crippen LogP contribution >= 0.6 is 11.6 Å². The van der Waals surface area contributed by atoms with Crippen LogP contribution in [0.4, 0.5) is 0 Å². The van der Waals surface area contributed by atoms with Gasteiger partial charge in [-0.2, -0.15) is 0 Å². The number of nitrogens with zero attached hydrogens (tertiary/aromatic N) is 4. The first-order valence-corrected chi connectivity index (χ1v) is 8.71. The number of piperazine rings is 1. The number of rotatable bonds is 6. The molecule has 1 aliphatic rings. The summed E-state index contributed by atoms with van der Waals surface area (Å²) in [6.45, 7) is 8.37. The Hall–Kier alpha value is -1.69. The predicted molar refractivity (Wildman–Crippen MR) is 95.6 cm³/mol. The normalized spacial score (nSPS) is 16.4. The average Bonchev–Trinajstić information content (AvgIpc) is 3.00. The van der Waals surface area contributed by atoms with Gasteiger partial charge in [0.2, 0.25) is 0 Å². The van der Waals surface area contributed by atoms with Gasteiger partial charge in [0.25, 0.3) is 0 Å². The largest absolute Gasteiger partial charge is 0.334 e. The number of halogens is 1. The van der Waals surface area contributed by atoms with E-state index in [0.717, 1.165) is 50.7 Å². The van der Waals surface area contributed by atoms with Crippen molar-refractivity contribution in [3.63, 3.8) is 0 Å². The zero-order valence-corrected chi connectivity index (χ0v) is 14.7. The molecule has 2 aromatic rings. The lowest BCUT2D eigenvalue weighted by molar-refractivity contribution is 0.0848. The minimum absolute atomic E-state index is 0.161. The van der Waals surface area contributed by atoms with Crippen LogP contribution in [0.25, 0.3) is 0 Å². The zero-order valence-electron chi connectivity index (χ0n) is 14.0. The zero-order chi connectivity index (χ0) is 16.9. The van der Waals surface area contributed by atoms with E-state index in [-0.39, 0.29) is 5.78 Å². The molecule has 1 aliphatic heterocycles. The molecule has 2 heterocycles. The fraction of sp³-hybridized carbons (Fsp3) is 0.444.